The first-order valence-corrected chi connectivity index (χ1v) is 8.40. The predicted molar refractivity (Wildman–Crippen MR) is 93.3 cm³/mol. The van der Waals surface area contributed by atoms with Crippen molar-refractivity contribution in [3.05, 3.63) is 29.3 Å². The molecule has 1 heterocycles. The number of anilines is 1. The highest BCUT2D eigenvalue weighted by Gasteiger charge is 2.40. The number of nitrogens with zero attached hydrogens (tertiary/aromatic N) is 1. The van der Waals surface area contributed by atoms with Crippen LogP contribution in [0.3, 0.4) is 0 Å². The molecule has 0 aromatic heterocycles. The second kappa shape index (κ2) is 6.73. The molecule has 1 saturated heterocycles. The maximum atomic E-state index is 12.8. The summed E-state index contributed by atoms with van der Waals surface area (Å²) in [5.74, 6) is 0.181. The molecule has 1 aliphatic rings. The van der Waals surface area contributed by atoms with Gasteiger partial charge < -0.3 is 10.2 Å². The van der Waals surface area contributed by atoms with Crippen molar-refractivity contribution in [3.63, 3.8) is 0 Å². The molecule has 0 bridgehead atoms. The zero-order valence-corrected chi connectivity index (χ0v) is 14.9. The minimum absolute atomic E-state index is 0.0783. The molecule has 1 unspecified atom stereocenters. The molecule has 1 aromatic carbocycles. The summed E-state index contributed by atoms with van der Waals surface area (Å²) in [6.45, 7) is 11.1. The van der Waals surface area contributed by atoms with E-state index in [4.69, 9.17) is 0 Å². The number of likely N-dealkylation sites (tertiary alicyclic amines) is 1. The van der Waals surface area contributed by atoms with Crippen molar-refractivity contribution in [2.75, 3.05) is 18.4 Å². The fourth-order valence-corrected chi connectivity index (χ4v) is 2.97. The third kappa shape index (κ3) is 3.92. The number of nitrogens with one attached hydrogen (secondary N) is 1. The summed E-state index contributed by atoms with van der Waals surface area (Å²) >= 11 is 0. The van der Waals surface area contributed by atoms with Crippen LogP contribution in [0.5, 0.6) is 0 Å². The third-order valence-corrected chi connectivity index (χ3v) is 4.81. The lowest BCUT2D eigenvalue weighted by molar-refractivity contribution is -0.147. The molecule has 126 valence electrons. The molecule has 1 N–H and O–H groups in total. The van der Waals surface area contributed by atoms with E-state index in [1.807, 2.05) is 36.9 Å². The normalized spacial score (nSPS) is 18.7. The maximum absolute atomic E-state index is 12.8. The number of benzene rings is 1. The number of carbonyl (C=O) groups excluding carboxylic acids is 2. The Hall–Kier alpha value is -1.84. The molecule has 0 saturated carbocycles. The second-order valence-corrected chi connectivity index (χ2v) is 7.38. The molecule has 1 fully saturated rings. The standard InChI is InChI=1S/C19H28N2O2/c1-13-7-6-10-21(12-13)18(23)19(4,5)17(22)20-16-9-8-14(2)15(3)11-16/h8-9,11,13H,6-7,10,12H2,1-5H3,(H,20,22). The Morgan fingerprint density at radius 3 is 2.52 bits per heavy atom. The Labute approximate surface area is 139 Å². The van der Waals surface area contributed by atoms with Gasteiger partial charge in [0, 0.05) is 18.8 Å². The second-order valence-electron chi connectivity index (χ2n) is 7.38. The molecular formula is C19H28N2O2. The van der Waals surface area contributed by atoms with E-state index in [1.54, 1.807) is 13.8 Å². The van der Waals surface area contributed by atoms with Crippen LogP contribution in [0.25, 0.3) is 0 Å². The van der Waals surface area contributed by atoms with Crippen LogP contribution in [0.15, 0.2) is 18.2 Å². The fraction of sp³-hybridized carbons (Fsp3) is 0.579. The topological polar surface area (TPSA) is 49.4 Å². The van der Waals surface area contributed by atoms with Gasteiger partial charge in [0.2, 0.25) is 11.8 Å². The van der Waals surface area contributed by atoms with Crippen LogP contribution in [0.4, 0.5) is 5.69 Å². The Morgan fingerprint density at radius 2 is 1.91 bits per heavy atom. The van der Waals surface area contributed by atoms with E-state index in [1.165, 1.54) is 5.56 Å². The molecule has 4 heteroatoms. The monoisotopic (exact) mass is 316 g/mol. The van der Waals surface area contributed by atoms with Gasteiger partial charge >= 0.3 is 0 Å². The number of hydrogen-bond donors (Lipinski definition) is 1. The van der Waals surface area contributed by atoms with Gasteiger partial charge in [-0.2, -0.15) is 0 Å². The van der Waals surface area contributed by atoms with Crippen molar-refractivity contribution in [1.29, 1.82) is 0 Å². The highest BCUT2D eigenvalue weighted by Crippen LogP contribution is 2.26. The minimum Gasteiger partial charge on any atom is -0.342 e. The van der Waals surface area contributed by atoms with Crippen LogP contribution in [0.1, 0.15) is 44.7 Å². The summed E-state index contributed by atoms with van der Waals surface area (Å²) in [6.07, 6.45) is 2.17. The average Bonchev–Trinajstić information content (AvgIpc) is 2.50. The molecule has 2 rings (SSSR count). The van der Waals surface area contributed by atoms with E-state index in [0.717, 1.165) is 37.2 Å². The molecule has 4 nitrogen and oxygen atoms in total. The Balaban J connectivity index is 2.09. The number of rotatable bonds is 3. The van der Waals surface area contributed by atoms with Crippen molar-refractivity contribution < 1.29 is 9.59 Å². The van der Waals surface area contributed by atoms with E-state index in [0.29, 0.717) is 5.92 Å². The summed E-state index contributed by atoms with van der Waals surface area (Å²) in [4.78, 5) is 27.3. The Kier molecular flexibility index (Phi) is 5.12. The SMILES string of the molecule is Cc1ccc(NC(=O)C(C)(C)C(=O)N2CCCC(C)C2)cc1C. The molecule has 1 aliphatic heterocycles. The molecule has 0 radical (unpaired) electrons. The van der Waals surface area contributed by atoms with Gasteiger partial charge in [0.05, 0.1) is 0 Å². The zero-order chi connectivity index (χ0) is 17.2. The molecular weight excluding hydrogens is 288 g/mol. The van der Waals surface area contributed by atoms with Crippen molar-refractivity contribution in [2.24, 2.45) is 11.3 Å². The Morgan fingerprint density at radius 1 is 1.22 bits per heavy atom. The van der Waals surface area contributed by atoms with Gasteiger partial charge in [-0.1, -0.05) is 13.0 Å². The molecule has 1 atom stereocenters. The first-order valence-electron chi connectivity index (χ1n) is 8.40. The molecule has 23 heavy (non-hydrogen) atoms. The van der Waals surface area contributed by atoms with Crippen molar-refractivity contribution >= 4 is 17.5 Å². The van der Waals surface area contributed by atoms with Crippen LogP contribution >= 0.6 is 0 Å². The van der Waals surface area contributed by atoms with Gasteiger partial charge in [-0.15, -0.1) is 0 Å². The van der Waals surface area contributed by atoms with E-state index >= 15 is 0 Å². The van der Waals surface area contributed by atoms with Crippen molar-refractivity contribution in [2.45, 2.75) is 47.5 Å². The summed E-state index contributed by atoms with van der Waals surface area (Å²) in [7, 11) is 0. The number of hydrogen-bond acceptors (Lipinski definition) is 2. The van der Waals surface area contributed by atoms with Crippen molar-refractivity contribution in [3.8, 4) is 0 Å². The van der Waals surface area contributed by atoms with E-state index in [9.17, 15) is 9.59 Å². The van der Waals surface area contributed by atoms with Gasteiger partial charge in [0.25, 0.3) is 0 Å². The highest BCUT2D eigenvalue weighted by atomic mass is 16.2. The first kappa shape index (κ1) is 17.5. The largest absolute Gasteiger partial charge is 0.342 e. The van der Waals surface area contributed by atoms with Gasteiger partial charge in [0.15, 0.2) is 0 Å². The number of aryl methyl sites for hydroxylation is 2. The van der Waals surface area contributed by atoms with Crippen molar-refractivity contribution in [1.82, 2.24) is 4.90 Å². The number of carbonyl (C=O) groups is 2. The first-order chi connectivity index (χ1) is 10.7. The smallest absolute Gasteiger partial charge is 0.239 e. The average molecular weight is 316 g/mol. The molecule has 0 aliphatic carbocycles. The zero-order valence-electron chi connectivity index (χ0n) is 14.9. The van der Waals surface area contributed by atoms with Crippen LogP contribution in [-0.4, -0.2) is 29.8 Å². The van der Waals surface area contributed by atoms with E-state index in [2.05, 4.69) is 12.2 Å². The van der Waals surface area contributed by atoms with E-state index in [-0.39, 0.29) is 11.8 Å². The molecule has 2 amide bonds. The van der Waals surface area contributed by atoms with Gasteiger partial charge in [-0.3, -0.25) is 9.59 Å². The fourth-order valence-electron chi connectivity index (χ4n) is 2.97. The van der Waals surface area contributed by atoms with Gasteiger partial charge in [0.1, 0.15) is 5.41 Å². The quantitative estimate of drug-likeness (QED) is 0.867. The molecule has 0 spiro atoms. The predicted octanol–water partition coefficient (Wildman–Crippen LogP) is 3.53. The van der Waals surface area contributed by atoms with Gasteiger partial charge in [-0.25, -0.2) is 0 Å². The number of amides is 2. The third-order valence-electron chi connectivity index (χ3n) is 4.81. The van der Waals surface area contributed by atoms with Crippen LogP contribution in [0, 0.1) is 25.2 Å². The Bertz CT molecular complexity index is 607. The summed E-state index contributed by atoms with van der Waals surface area (Å²) in [5.41, 5.74) is 1.99. The lowest BCUT2D eigenvalue weighted by Crippen LogP contribution is -2.50. The summed E-state index contributed by atoms with van der Waals surface area (Å²) in [6, 6.07) is 5.80. The summed E-state index contributed by atoms with van der Waals surface area (Å²) in [5, 5.41) is 2.90. The highest BCUT2D eigenvalue weighted by molar-refractivity contribution is 6.09. The van der Waals surface area contributed by atoms with Crippen LogP contribution in [-0.2, 0) is 9.59 Å². The minimum atomic E-state index is -1.06. The van der Waals surface area contributed by atoms with Gasteiger partial charge in [-0.05, 0) is 69.7 Å². The molecule has 1 aromatic rings. The van der Waals surface area contributed by atoms with Crippen LogP contribution in [0.2, 0.25) is 0 Å². The lowest BCUT2D eigenvalue weighted by Gasteiger charge is -2.36. The lowest BCUT2D eigenvalue weighted by atomic mass is 9.88. The summed E-state index contributed by atoms with van der Waals surface area (Å²) < 4.78 is 0. The maximum Gasteiger partial charge on any atom is 0.239 e. The van der Waals surface area contributed by atoms with Crippen LogP contribution < -0.4 is 5.32 Å². The van der Waals surface area contributed by atoms with E-state index < -0.39 is 5.41 Å². The number of piperidine rings is 1.